The van der Waals surface area contributed by atoms with E-state index in [0.29, 0.717) is 27.4 Å². The maximum atomic E-state index is 12.5. The van der Waals surface area contributed by atoms with E-state index in [-0.39, 0.29) is 5.89 Å². The van der Waals surface area contributed by atoms with Crippen molar-refractivity contribution in [1.82, 2.24) is 14.5 Å². The Labute approximate surface area is 162 Å². The van der Waals surface area contributed by atoms with Crippen LogP contribution in [0, 0.1) is 13.8 Å². The lowest BCUT2D eigenvalue weighted by Crippen LogP contribution is -2.07. The van der Waals surface area contributed by atoms with Crippen molar-refractivity contribution in [3.63, 3.8) is 0 Å². The van der Waals surface area contributed by atoms with E-state index in [1.54, 1.807) is 35.0 Å². The van der Waals surface area contributed by atoms with Crippen LogP contribution in [0.1, 0.15) is 11.1 Å². The number of halogens is 2. The minimum atomic E-state index is -0.423. The number of hydrogen-bond donors (Lipinski definition) is 0. The van der Waals surface area contributed by atoms with Gasteiger partial charge >= 0.3 is 5.63 Å². The molecule has 5 nitrogen and oxygen atoms in total. The number of benzene rings is 1. The molecule has 0 aliphatic carbocycles. The Morgan fingerprint density at radius 3 is 2.77 bits per heavy atom. The molecule has 0 radical (unpaired) electrons. The molecule has 0 aliphatic rings. The van der Waals surface area contributed by atoms with Gasteiger partial charge in [0.05, 0.1) is 20.5 Å². The first-order valence-electron chi connectivity index (χ1n) is 7.86. The average molecular weight is 431 g/mol. The summed E-state index contributed by atoms with van der Waals surface area (Å²) in [5, 5.41) is 0.944. The van der Waals surface area contributed by atoms with Crippen molar-refractivity contribution in [2.24, 2.45) is 0 Å². The topological polar surface area (TPSA) is 60.9 Å². The lowest BCUT2D eigenvalue weighted by atomic mass is 10.1. The Kier molecular flexibility index (Phi) is 4.17. The summed E-state index contributed by atoms with van der Waals surface area (Å²) in [6.45, 7) is 3.86. The van der Waals surface area contributed by atoms with Gasteiger partial charge in [-0.15, -0.1) is 0 Å². The van der Waals surface area contributed by atoms with Crippen LogP contribution in [0.15, 0.2) is 56.4 Å². The summed E-state index contributed by atoms with van der Waals surface area (Å²) in [4.78, 5) is 21.5. The quantitative estimate of drug-likeness (QED) is 0.445. The summed E-state index contributed by atoms with van der Waals surface area (Å²) in [7, 11) is 0. The summed E-state index contributed by atoms with van der Waals surface area (Å²) in [6, 6.07) is 10.9. The maximum Gasteiger partial charge on any atom is 0.347 e. The van der Waals surface area contributed by atoms with Gasteiger partial charge in [0.25, 0.3) is 0 Å². The number of aromatic nitrogens is 3. The highest BCUT2D eigenvalue weighted by molar-refractivity contribution is 9.10. The molecular formula is C19H13BrClN3O2. The van der Waals surface area contributed by atoms with E-state index in [9.17, 15) is 4.79 Å². The molecule has 0 amide bonds. The highest BCUT2D eigenvalue weighted by Crippen LogP contribution is 2.31. The van der Waals surface area contributed by atoms with Gasteiger partial charge < -0.3 is 4.42 Å². The average Bonchev–Trinajstić information content (AvgIpc) is 2.97. The van der Waals surface area contributed by atoms with E-state index in [2.05, 4.69) is 25.9 Å². The molecule has 4 rings (SSSR count). The third-order valence-electron chi connectivity index (χ3n) is 4.07. The van der Waals surface area contributed by atoms with Crippen molar-refractivity contribution in [3.05, 3.63) is 73.8 Å². The molecule has 1 aromatic carbocycles. The van der Waals surface area contributed by atoms with Crippen LogP contribution in [0.4, 0.5) is 0 Å². The molecule has 0 atom stereocenters. The van der Waals surface area contributed by atoms with Gasteiger partial charge in [0.2, 0.25) is 5.89 Å². The Morgan fingerprint density at radius 1 is 1.19 bits per heavy atom. The van der Waals surface area contributed by atoms with Gasteiger partial charge in [0, 0.05) is 6.20 Å². The van der Waals surface area contributed by atoms with Crippen molar-refractivity contribution < 1.29 is 4.42 Å². The first-order valence-corrected chi connectivity index (χ1v) is 9.03. The summed E-state index contributed by atoms with van der Waals surface area (Å²) in [6.07, 6.45) is 1.65. The number of hydrogen-bond acceptors (Lipinski definition) is 4. The van der Waals surface area contributed by atoms with E-state index in [1.165, 1.54) is 0 Å². The van der Waals surface area contributed by atoms with Crippen LogP contribution in [-0.2, 0) is 0 Å². The summed E-state index contributed by atoms with van der Waals surface area (Å²) < 4.78 is 8.00. The Bertz CT molecular complexity index is 1210. The second-order valence-electron chi connectivity index (χ2n) is 5.97. The van der Waals surface area contributed by atoms with Gasteiger partial charge in [-0.05, 0) is 71.2 Å². The number of pyridine rings is 1. The van der Waals surface area contributed by atoms with Gasteiger partial charge in [0.1, 0.15) is 5.69 Å². The predicted octanol–water partition coefficient (Wildman–Crippen LogP) is 5.07. The minimum Gasteiger partial charge on any atom is -0.401 e. The molecule has 7 heteroatoms. The molecule has 3 heterocycles. The lowest BCUT2D eigenvalue weighted by Gasteiger charge is -2.11. The second-order valence-corrected chi connectivity index (χ2v) is 7.19. The fourth-order valence-corrected chi connectivity index (χ4v) is 3.67. The van der Waals surface area contributed by atoms with E-state index in [0.717, 1.165) is 15.7 Å². The van der Waals surface area contributed by atoms with E-state index >= 15 is 0 Å². The molecular weight excluding hydrogens is 418 g/mol. The largest absolute Gasteiger partial charge is 0.401 e. The Hall–Kier alpha value is -2.44. The Balaban J connectivity index is 2.01. The van der Waals surface area contributed by atoms with Gasteiger partial charge in [-0.25, -0.2) is 14.8 Å². The van der Waals surface area contributed by atoms with Gasteiger partial charge in [-0.2, -0.15) is 0 Å². The van der Waals surface area contributed by atoms with Crippen molar-refractivity contribution >= 4 is 38.4 Å². The fraction of sp³-hybridized carbons (Fsp3) is 0.105. The molecule has 26 heavy (non-hydrogen) atoms. The normalized spacial score (nSPS) is 11.2. The standard InChI is InChI=1S/C19H13BrClN3O2/c1-10-8-11(2)16-12(9-10)19(25)26-18(23-16)14-5-6-15(20)24(14)17-13(21)4-3-7-22-17/h3-9H,1-2H3. The van der Waals surface area contributed by atoms with Crippen LogP contribution >= 0.6 is 27.5 Å². The van der Waals surface area contributed by atoms with Crippen LogP contribution in [0.3, 0.4) is 0 Å². The van der Waals surface area contributed by atoms with Crippen LogP contribution in [-0.4, -0.2) is 14.5 Å². The number of aryl methyl sites for hydroxylation is 2. The highest BCUT2D eigenvalue weighted by atomic mass is 79.9. The summed E-state index contributed by atoms with van der Waals surface area (Å²) >= 11 is 9.79. The van der Waals surface area contributed by atoms with Gasteiger partial charge in [-0.3, -0.25) is 4.57 Å². The highest BCUT2D eigenvalue weighted by Gasteiger charge is 2.18. The van der Waals surface area contributed by atoms with Crippen molar-refractivity contribution in [3.8, 4) is 17.4 Å². The summed E-state index contributed by atoms with van der Waals surface area (Å²) in [5.74, 6) is 0.730. The number of nitrogens with zero attached hydrogens (tertiary/aromatic N) is 3. The molecule has 3 aromatic heterocycles. The number of rotatable bonds is 2. The van der Waals surface area contributed by atoms with Crippen LogP contribution < -0.4 is 5.63 Å². The van der Waals surface area contributed by atoms with Gasteiger partial charge in [0.15, 0.2) is 5.82 Å². The zero-order valence-corrected chi connectivity index (χ0v) is 16.3. The third kappa shape index (κ3) is 2.75. The van der Waals surface area contributed by atoms with E-state index in [1.807, 2.05) is 26.0 Å². The molecule has 0 saturated carbocycles. The predicted molar refractivity (Wildman–Crippen MR) is 105 cm³/mol. The second kappa shape index (κ2) is 6.37. The molecule has 0 N–H and O–H groups in total. The maximum absolute atomic E-state index is 12.5. The minimum absolute atomic E-state index is 0.210. The molecule has 0 unspecified atom stereocenters. The van der Waals surface area contributed by atoms with Crippen molar-refractivity contribution in [1.29, 1.82) is 0 Å². The lowest BCUT2D eigenvalue weighted by molar-refractivity contribution is 0.514. The molecule has 0 bridgehead atoms. The Morgan fingerprint density at radius 2 is 2.00 bits per heavy atom. The third-order valence-corrected chi connectivity index (χ3v) is 4.98. The molecule has 0 saturated heterocycles. The number of fused-ring (bicyclic) bond motifs is 1. The van der Waals surface area contributed by atoms with Crippen LogP contribution in [0.25, 0.3) is 28.3 Å². The van der Waals surface area contributed by atoms with Crippen LogP contribution in [0.2, 0.25) is 5.02 Å². The fourth-order valence-electron chi connectivity index (χ4n) is 2.98. The molecule has 130 valence electrons. The van der Waals surface area contributed by atoms with Crippen molar-refractivity contribution in [2.45, 2.75) is 13.8 Å². The first-order chi connectivity index (χ1) is 12.5. The molecule has 4 aromatic rings. The van der Waals surface area contributed by atoms with E-state index < -0.39 is 5.63 Å². The van der Waals surface area contributed by atoms with Gasteiger partial charge in [-0.1, -0.05) is 17.7 Å². The SMILES string of the molecule is Cc1cc(C)c2nc(-c3ccc(Br)n3-c3ncccc3Cl)oc(=O)c2c1. The van der Waals surface area contributed by atoms with E-state index in [4.69, 9.17) is 16.0 Å². The molecule has 0 fully saturated rings. The van der Waals surface area contributed by atoms with Crippen molar-refractivity contribution in [2.75, 3.05) is 0 Å². The smallest absolute Gasteiger partial charge is 0.347 e. The van der Waals surface area contributed by atoms with Crippen LogP contribution in [0.5, 0.6) is 0 Å². The summed E-state index contributed by atoms with van der Waals surface area (Å²) in [5.41, 5.74) is 2.69. The molecule has 0 spiro atoms. The monoisotopic (exact) mass is 429 g/mol. The zero-order chi connectivity index (χ0) is 18.4. The zero-order valence-electron chi connectivity index (χ0n) is 14.0. The molecule has 0 aliphatic heterocycles. The first kappa shape index (κ1) is 17.0.